The number of nitrogen functional groups attached to an aromatic ring is 1. The molecule has 0 unspecified atom stereocenters. The standard InChI is InChI=1S/C8H7F4NO/c1-4-2-3-5(9)6(13)7(4)14-8(10,11)12/h2-3H,13H2,1H3. The maximum Gasteiger partial charge on any atom is 0.573 e. The van der Waals surface area contributed by atoms with Crippen LogP contribution in [0.3, 0.4) is 0 Å². The Morgan fingerprint density at radius 3 is 2.36 bits per heavy atom. The van der Waals surface area contributed by atoms with Gasteiger partial charge in [0.2, 0.25) is 0 Å². The summed E-state index contributed by atoms with van der Waals surface area (Å²) in [6.45, 7) is 1.34. The van der Waals surface area contributed by atoms with E-state index in [9.17, 15) is 17.6 Å². The summed E-state index contributed by atoms with van der Waals surface area (Å²) >= 11 is 0. The molecule has 0 aromatic heterocycles. The van der Waals surface area contributed by atoms with Crippen LogP contribution < -0.4 is 10.5 Å². The average molecular weight is 209 g/mol. The van der Waals surface area contributed by atoms with Gasteiger partial charge in [-0.15, -0.1) is 13.2 Å². The molecule has 0 saturated heterocycles. The second kappa shape index (κ2) is 3.36. The van der Waals surface area contributed by atoms with E-state index in [1.165, 1.54) is 6.92 Å². The number of hydrogen-bond donors (Lipinski definition) is 1. The zero-order chi connectivity index (χ0) is 10.9. The smallest absolute Gasteiger partial charge is 0.403 e. The first-order valence-corrected chi connectivity index (χ1v) is 3.61. The maximum atomic E-state index is 12.8. The molecular weight excluding hydrogens is 202 g/mol. The van der Waals surface area contributed by atoms with Crippen LogP contribution in [0.15, 0.2) is 12.1 Å². The largest absolute Gasteiger partial charge is 0.573 e. The quantitative estimate of drug-likeness (QED) is 0.570. The van der Waals surface area contributed by atoms with E-state index in [2.05, 4.69) is 4.74 Å². The van der Waals surface area contributed by atoms with Gasteiger partial charge in [0.05, 0.1) is 0 Å². The van der Waals surface area contributed by atoms with Crippen molar-refractivity contribution in [3.05, 3.63) is 23.5 Å². The van der Waals surface area contributed by atoms with Crippen molar-refractivity contribution in [2.24, 2.45) is 0 Å². The summed E-state index contributed by atoms with van der Waals surface area (Å²) < 4.78 is 51.8. The SMILES string of the molecule is Cc1ccc(F)c(N)c1OC(F)(F)F. The number of alkyl halides is 3. The van der Waals surface area contributed by atoms with Crippen LogP contribution in [0.2, 0.25) is 0 Å². The van der Waals surface area contributed by atoms with Gasteiger partial charge >= 0.3 is 6.36 Å². The van der Waals surface area contributed by atoms with E-state index < -0.39 is 23.6 Å². The molecule has 0 fully saturated rings. The summed E-state index contributed by atoms with van der Waals surface area (Å²) in [6, 6.07) is 2.14. The van der Waals surface area contributed by atoms with Crippen molar-refractivity contribution in [3.8, 4) is 5.75 Å². The Bertz CT molecular complexity index is 348. The van der Waals surface area contributed by atoms with Crippen LogP contribution >= 0.6 is 0 Å². The third-order valence-electron chi connectivity index (χ3n) is 1.56. The van der Waals surface area contributed by atoms with Crippen LogP contribution in [0.5, 0.6) is 5.75 Å². The third kappa shape index (κ3) is 2.27. The Morgan fingerprint density at radius 1 is 1.29 bits per heavy atom. The predicted octanol–water partition coefficient (Wildman–Crippen LogP) is 2.61. The molecule has 2 nitrogen and oxygen atoms in total. The van der Waals surface area contributed by atoms with Gasteiger partial charge in [0.15, 0.2) is 5.75 Å². The molecule has 0 heterocycles. The molecule has 1 rings (SSSR count). The molecule has 0 aliphatic carbocycles. The fourth-order valence-electron chi connectivity index (χ4n) is 0.936. The summed E-state index contributed by atoms with van der Waals surface area (Å²) in [4.78, 5) is 0. The normalized spacial score (nSPS) is 11.5. The van der Waals surface area contributed by atoms with Gasteiger partial charge < -0.3 is 10.5 Å². The number of aryl methyl sites for hydroxylation is 1. The molecule has 0 atom stereocenters. The second-order valence-electron chi connectivity index (χ2n) is 2.65. The number of rotatable bonds is 1. The summed E-state index contributed by atoms with van der Waals surface area (Å²) in [7, 11) is 0. The van der Waals surface area contributed by atoms with E-state index in [1.54, 1.807) is 0 Å². The molecular formula is C8H7F4NO. The average Bonchev–Trinajstić information content (AvgIpc) is 2.04. The lowest BCUT2D eigenvalue weighted by Crippen LogP contribution is -2.19. The van der Waals surface area contributed by atoms with Crippen molar-refractivity contribution in [2.75, 3.05) is 5.73 Å². The number of ether oxygens (including phenoxy) is 1. The minimum atomic E-state index is -4.87. The molecule has 0 bridgehead atoms. The number of nitrogens with two attached hydrogens (primary N) is 1. The van der Waals surface area contributed by atoms with Crippen LogP contribution in [0.25, 0.3) is 0 Å². The molecule has 1 aromatic carbocycles. The molecule has 6 heteroatoms. The summed E-state index contributed by atoms with van der Waals surface area (Å²) in [5.74, 6) is -1.62. The lowest BCUT2D eigenvalue weighted by Gasteiger charge is -2.13. The van der Waals surface area contributed by atoms with E-state index in [1.807, 2.05) is 0 Å². The first kappa shape index (κ1) is 10.6. The molecule has 0 amide bonds. The number of anilines is 1. The maximum absolute atomic E-state index is 12.8. The van der Waals surface area contributed by atoms with Crippen molar-refractivity contribution in [1.82, 2.24) is 0 Å². The van der Waals surface area contributed by atoms with Gasteiger partial charge in [-0.1, -0.05) is 6.07 Å². The minimum Gasteiger partial charge on any atom is -0.403 e. The van der Waals surface area contributed by atoms with Crippen molar-refractivity contribution < 1.29 is 22.3 Å². The molecule has 0 spiro atoms. The Balaban J connectivity index is 3.13. The minimum absolute atomic E-state index is 0.126. The molecule has 2 N–H and O–H groups in total. The highest BCUT2D eigenvalue weighted by Gasteiger charge is 2.33. The Hall–Kier alpha value is -1.46. The van der Waals surface area contributed by atoms with Gasteiger partial charge in [0.25, 0.3) is 0 Å². The fraction of sp³-hybridized carbons (Fsp3) is 0.250. The molecule has 0 aliphatic heterocycles. The van der Waals surface area contributed by atoms with Gasteiger partial charge in [-0.2, -0.15) is 0 Å². The van der Waals surface area contributed by atoms with E-state index in [-0.39, 0.29) is 5.56 Å². The van der Waals surface area contributed by atoms with Gasteiger partial charge in [0.1, 0.15) is 11.5 Å². The molecule has 1 aromatic rings. The molecule has 78 valence electrons. The molecule has 0 aliphatic rings. The predicted molar refractivity (Wildman–Crippen MR) is 42.2 cm³/mol. The lowest BCUT2D eigenvalue weighted by atomic mass is 10.2. The molecule has 0 radical (unpaired) electrons. The third-order valence-corrected chi connectivity index (χ3v) is 1.56. The Morgan fingerprint density at radius 2 is 1.86 bits per heavy atom. The van der Waals surface area contributed by atoms with Crippen LogP contribution in [0.4, 0.5) is 23.2 Å². The highest BCUT2D eigenvalue weighted by molar-refractivity contribution is 5.57. The van der Waals surface area contributed by atoms with E-state index in [0.29, 0.717) is 0 Å². The Labute approximate surface area is 77.3 Å². The van der Waals surface area contributed by atoms with Crippen LogP contribution in [0.1, 0.15) is 5.56 Å². The number of hydrogen-bond acceptors (Lipinski definition) is 2. The fourth-order valence-corrected chi connectivity index (χ4v) is 0.936. The highest BCUT2D eigenvalue weighted by Crippen LogP contribution is 2.33. The molecule has 0 saturated carbocycles. The van der Waals surface area contributed by atoms with E-state index in [4.69, 9.17) is 5.73 Å². The van der Waals surface area contributed by atoms with Gasteiger partial charge in [-0.3, -0.25) is 0 Å². The second-order valence-corrected chi connectivity index (χ2v) is 2.65. The number of halogens is 4. The zero-order valence-electron chi connectivity index (χ0n) is 7.15. The Kier molecular flexibility index (Phi) is 2.55. The van der Waals surface area contributed by atoms with Crippen molar-refractivity contribution in [2.45, 2.75) is 13.3 Å². The van der Waals surface area contributed by atoms with Crippen molar-refractivity contribution in [3.63, 3.8) is 0 Å². The zero-order valence-corrected chi connectivity index (χ0v) is 7.15. The van der Waals surface area contributed by atoms with Crippen molar-refractivity contribution in [1.29, 1.82) is 0 Å². The lowest BCUT2D eigenvalue weighted by molar-refractivity contribution is -0.274. The van der Waals surface area contributed by atoms with E-state index in [0.717, 1.165) is 12.1 Å². The first-order valence-electron chi connectivity index (χ1n) is 3.61. The van der Waals surface area contributed by atoms with Crippen LogP contribution in [-0.4, -0.2) is 6.36 Å². The highest BCUT2D eigenvalue weighted by atomic mass is 19.4. The topological polar surface area (TPSA) is 35.2 Å². The van der Waals surface area contributed by atoms with Crippen molar-refractivity contribution >= 4 is 5.69 Å². The van der Waals surface area contributed by atoms with Gasteiger partial charge in [0, 0.05) is 0 Å². The van der Waals surface area contributed by atoms with Crippen LogP contribution in [0, 0.1) is 12.7 Å². The van der Waals surface area contributed by atoms with Gasteiger partial charge in [-0.25, -0.2) is 4.39 Å². The first-order chi connectivity index (χ1) is 6.31. The van der Waals surface area contributed by atoms with Crippen LogP contribution in [-0.2, 0) is 0 Å². The monoisotopic (exact) mass is 209 g/mol. The summed E-state index contributed by atoms with van der Waals surface area (Å²) in [5, 5.41) is 0. The number of benzene rings is 1. The summed E-state index contributed by atoms with van der Waals surface area (Å²) in [6.07, 6.45) is -4.87. The van der Waals surface area contributed by atoms with Gasteiger partial charge in [-0.05, 0) is 18.6 Å². The summed E-state index contributed by atoms with van der Waals surface area (Å²) in [5.41, 5.74) is 4.58. The van der Waals surface area contributed by atoms with E-state index >= 15 is 0 Å². The molecule has 14 heavy (non-hydrogen) atoms.